The van der Waals surface area contributed by atoms with Gasteiger partial charge in [-0.3, -0.25) is 4.79 Å². The van der Waals surface area contributed by atoms with Gasteiger partial charge in [0.05, 0.1) is 24.9 Å². The molecule has 0 aromatic carbocycles. The summed E-state index contributed by atoms with van der Waals surface area (Å²) < 4.78 is 5.77. The van der Waals surface area contributed by atoms with Crippen LogP contribution in [0.3, 0.4) is 0 Å². The number of carbonyl (C=O) groups is 1. The minimum absolute atomic E-state index is 0.00656. The van der Waals surface area contributed by atoms with Gasteiger partial charge in [-0.25, -0.2) is 0 Å². The van der Waals surface area contributed by atoms with E-state index >= 15 is 0 Å². The third-order valence-electron chi connectivity index (χ3n) is 4.77. The second-order valence-electron chi connectivity index (χ2n) is 6.76. The molecule has 1 saturated carbocycles. The Kier molecular flexibility index (Phi) is 6.45. The SMILES string of the molecule is CC1CCCC(CO)(NC(=O)CCOC2CCNCC2)C1. The van der Waals surface area contributed by atoms with Gasteiger partial charge < -0.3 is 20.5 Å². The zero-order valence-electron chi connectivity index (χ0n) is 13.2. The van der Waals surface area contributed by atoms with Gasteiger partial charge >= 0.3 is 0 Å². The molecular formula is C16H30N2O3. The maximum atomic E-state index is 12.1. The van der Waals surface area contributed by atoms with E-state index in [9.17, 15) is 9.90 Å². The van der Waals surface area contributed by atoms with Crippen LogP contribution in [0.5, 0.6) is 0 Å². The summed E-state index contributed by atoms with van der Waals surface area (Å²) in [6.45, 7) is 4.71. The average molecular weight is 298 g/mol. The lowest BCUT2D eigenvalue weighted by atomic mass is 9.77. The van der Waals surface area contributed by atoms with E-state index in [1.165, 1.54) is 6.42 Å². The van der Waals surface area contributed by atoms with Crippen LogP contribution in [0.25, 0.3) is 0 Å². The van der Waals surface area contributed by atoms with Crippen molar-refractivity contribution in [2.75, 3.05) is 26.3 Å². The molecule has 0 bridgehead atoms. The van der Waals surface area contributed by atoms with Gasteiger partial charge in [0, 0.05) is 6.42 Å². The summed E-state index contributed by atoms with van der Waals surface area (Å²) in [5.41, 5.74) is -0.399. The topological polar surface area (TPSA) is 70.6 Å². The highest BCUT2D eigenvalue weighted by atomic mass is 16.5. The number of aliphatic hydroxyl groups is 1. The minimum Gasteiger partial charge on any atom is -0.394 e. The Labute approximate surface area is 127 Å². The van der Waals surface area contributed by atoms with Crippen LogP contribution in [0.1, 0.15) is 51.9 Å². The zero-order valence-corrected chi connectivity index (χ0v) is 13.2. The number of piperidine rings is 1. The number of ether oxygens (including phenoxy) is 1. The zero-order chi connectivity index (χ0) is 15.1. The van der Waals surface area contributed by atoms with Gasteiger partial charge in [0.15, 0.2) is 0 Å². The van der Waals surface area contributed by atoms with E-state index in [0.29, 0.717) is 25.0 Å². The predicted octanol–water partition coefficient (Wildman–Crippen LogP) is 1.20. The van der Waals surface area contributed by atoms with Gasteiger partial charge in [0.1, 0.15) is 0 Å². The Hall–Kier alpha value is -0.650. The van der Waals surface area contributed by atoms with Crippen LogP contribution >= 0.6 is 0 Å². The first-order valence-corrected chi connectivity index (χ1v) is 8.38. The van der Waals surface area contributed by atoms with Crippen molar-refractivity contribution >= 4 is 5.91 Å². The van der Waals surface area contributed by atoms with Gasteiger partial charge in [-0.05, 0) is 44.7 Å². The molecule has 2 atom stereocenters. The fraction of sp³-hybridized carbons (Fsp3) is 0.938. The lowest BCUT2D eigenvalue weighted by Gasteiger charge is -2.39. The fourth-order valence-electron chi connectivity index (χ4n) is 3.60. The molecule has 1 aliphatic heterocycles. The highest BCUT2D eigenvalue weighted by Crippen LogP contribution is 2.32. The first-order chi connectivity index (χ1) is 10.1. The summed E-state index contributed by atoms with van der Waals surface area (Å²) in [6.07, 6.45) is 6.77. The highest BCUT2D eigenvalue weighted by Gasteiger charge is 2.35. The third-order valence-corrected chi connectivity index (χ3v) is 4.77. The quantitative estimate of drug-likeness (QED) is 0.689. The largest absolute Gasteiger partial charge is 0.394 e. The molecule has 2 rings (SSSR count). The van der Waals surface area contributed by atoms with E-state index in [2.05, 4.69) is 17.6 Å². The summed E-state index contributed by atoms with van der Waals surface area (Å²) in [5, 5.41) is 16.1. The van der Waals surface area contributed by atoms with E-state index < -0.39 is 5.54 Å². The molecule has 1 aliphatic carbocycles. The van der Waals surface area contributed by atoms with Crippen LogP contribution in [0.2, 0.25) is 0 Å². The number of hydrogen-bond donors (Lipinski definition) is 3. The molecule has 2 aliphatic rings. The first kappa shape index (κ1) is 16.7. The lowest BCUT2D eigenvalue weighted by Crippen LogP contribution is -2.54. The molecule has 2 fully saturated rings. The van der Waals surface area contributed by atoms with Crippen molar-refractivity contribution in [3.63, 3.8) is 0 Å². The number of carbonyl (C=O) groups excluding carboxylic acids is 1. The van der Waals surface area contributed by atoms with Crippen LogP contribution < -0.4 is 10.6 Å². The predicted molar refractivity (Wildman–Crippen MR) is 82.1 cm³/mol. The van der Waals surface area contributed by atoms with Crippen molar-refractivity contribution < 1.29 is 14.6 Å². The van der Waals surface area contributed by atoms with Gasteiger partial charge in [-0.1, -0.05) is 19.8 Å². The van der Waals surface area contributed by atoms with Crippen molar-refractivity contribution in [1.29, 1.82) is 0 Å². The van der Waals surface area contributed by atoms with Crippen LogP contribution in [0.4, 0.5) is 0 Å². The smallest absolute Gasteiger partial charge is 0.222 e. The molecule has 0 radical (unpaired) electrons. The average Bonchev–Trinajstić information content (AvgIpc) is 2.48. The monoisotopic (exact) mass is 298 g/mol. The maximum Gasteiger partial charge on any atom is 0.222 e. The van der Waals surface area contributed by atoms with E-state index in [1.54, 1.807) is 0 Å². The van der Waals surface area contributed by atoms with Gasteiger partial charge in [-0.2, -0.15) is 0 Å². The van der Waals surface area contributed by atoms with Gasteiger partial charge in [0.25, 0.3) is 0 Å². The van der Waals surface area contributed by atoms with Crippen molar-refractivity contribution in [1.82, 2.24) is 10.6 Å². The van der Waals surface area contributed by atoms with Crippen LogP contribution in [0, 0.1) is 5.92 Å². The van der Waals surface area contributed by atoms with Crippen LogP contribution in [-0.4, -0.2) is 49.0 Å². The number of hydrogen-bond acceptors (Lipinski definition) is 4. The Bertz CT molecular complexity index is 331. The number of aliphatic hydroxyl groups excluding tert-OH is 1. The molecule has 0 aromatic heterocycles. The second-order valence-corrected chi connectivity index (χ2v) is 6.76. The highest BCUT2D eigenvalue weighted by molar-refractivity contribution is 5.76. The first-order valence-electron chi connectivity index (χ1n) is 8.38. The Morgan fingerprint density at radius 2 is 2.14 bits per heavy atom. The third kappa shape index (κ3) is 5.24. The molecule has 2 unspecified atom stereocenters. The summed E-state index contributed by atoms with van der Waals surface area (Å²) >= 11 is 0. The standard InChI is InChI=1S/C16H30N2O3/c1-13-3-2-7-16(11-13,12-19)18-15(20)6-10-21-14-4-8-17-9-5-14/h13-14,17,19H,2-12H2,1H3,(H,18,20). The maximum absolute atomic E-state index is 12.1. The van der Waals surface area contributed by atoms with Crippen molar-refractivity contribution in [3.8, 4) is 0 Å². The Morgan fingerprint density at radius 3 is 2.81 bits per heavy atom. The van der Waals surface area contributed by atoms with E-state index in [4.69, 9.17) is 4.74 Å². The van der Waals surface area contributed by atoms with E-state index in [0.717, 1.165) is 45.2 Å². The molecular weight excluding hydrogens is 268 g/mol. The number of amides is 1. The molecule has 1 amide bonds. The lowest BCUT2D eigenvalue weighted by molar-refractivity contribution is -0.126. The van der Waals surface area contributed by atoms with Crippen LogP contribution in [-0.2, 0) is 9.53 Å². The van der Waals surface area contributed by atoms with Gasteiger partial charge in [-0.15, -0.1) is 0 Å². The summed E-state index contributed by atoms with van der Waals surface area (Å²) in [4.78, 5) is 12.1. The molecule has 5 heteroatoms. The molecule has 1 saturated heterocycles. The summed E-state index contributed by atoms with van der Waals surface area (Å²) in [6, 6.07) is 0. The molecule has 0 aromatic rings. The molecule has 3 N–H and O–H groups in total. The minimum atomic E-state index is -0.399. The summed E-state index contributed by atoms with van der Waals surface area (Å²) in [7, 11) is 0. The Morgan fingerprint density at radius 1 is 1.38 bits per heavy atom. The number of rotatable bonds is 6. The number of nitrogens with one attached hydrogen (secondary N) is 2. The van der Waals surface area contributed by atoms with Crippen molar-refractivity contribution in [3.05, 3.63) is 0 Å². The molecule has 1 heterocycles. The Balaban J connectivity index is 1.69. The second kappa shape index (κ2) is 8.11. The normalized spacial score (nSPS) is 31.0. The molecule has 21 heavy (non-hydrogen) atoms. The van der Waals surface area contributed by atoms with Crippen molar-refractivity contribution in [2.45, 2.75) is 63.5 Å². The van der Waals surface area contributed by atoms with Crippen LogP contribution in [0.15, 0.2) is 0 Å². The summed E-state index contributed by atoms with van der Waals surface area (Å²) in [5.74, 6) is 0.573. The molecule has 122 valence electrons. The molecule has 0 spiro atoms. The van der Waals surface area contributed by atoms with E-state index in [1.807, 2.05) is 0 Å². The fourth-order valence-corrected chi connectivity index (χ4v) is 3.60. The van der Waals surface area contributed by atoms with E-state index in [-0.39, 0.29) is 12.5 Å². The van der Waals surface area contributed by atoms with Gasteiger partial charge in [0.2, 0.25) is 5.91 Å². The molecule has 5 nitrogen and oxygen atoms in total. The van der Waals surface area contributed by atoms with Crippen molar-refractivity contribution in [2.24, 2.45) is 5.92 Å².